The van der Waals surface area contributed by atoms with Crippen LogP contribution in [0, 0.1) is 0 Å². The minimum atomic E-state index is 0.519. The Kier molecular flexibility index (Phi) is 9.24. The molecule has 0 aliphatic heterocycles. The molecular weight excluding hydrogens is 683 g/mol. The Bertz CT molecular complexity index is 2820. The van der Waals surface area contributed by atoms with Crippen LogP contribution in [0.25, 0.3) is 78.0 Å². The molecule has 0 radical (unpaired) electrons. The molecule has 5 heteroatoms. The summed E-state index contributed by atoms with van der Waals surface area (Å²) in [6.45, 7) is 2.05. The molecule has 0 atom stereocenters. The van der Waals surface area contributed by atoms with Crippen molar-refractivity contribution in [1.82, 2.24) is 14.5 Å². The summed E-state index contributed by atoms with van der Waals surface area (Å²) >= 11 is 0. The van der Waals surface area contributed by atoms with E-state index in [4.69, 9.17) is 15.7 Å². The number of fused-ring (bicyclic) bond motifs is 3. The highest BCUT2D eigenvalue weighted by molar-refractivity contribution is 6.10. The highest BCUT2D eigenvalue weighted by Crippen LogP contribution is 2.38. The standard InChI is InChI=1S/C51H39N5/c1-35(46-34-47(37-18-8-3-9-19-37)55-51(54-46)38-20-10-4-11-21-38)26-31-50(52)53-45-29-27-39(32-43(45)36-16-6-2-7-17-36)40-28-30-49-44(33-40)42-24-14-15-25-48(42)56(49)41-22-12-5-13-23-41/h2-34,53H,52H2,1H3/b35-26+,50-31+. The summed E-state index contributed by atoms with van der Waals surface area (Å²) in [4.78, 5) is 9.89. The van der Waals surface area contributed by atoms with Crippen LogP contribution in [0.2, 0.25) is 0 Å². The van der Waals surface area contributed by atoms with Crippen LogP contribution in [0.4, 0.5) is 5.69 Å². The van der Waals surface area contributed by atoms with Gasteiger partial charge in [0.1, 0.15) is 5.82 Å². The van der Waals surface area contributed by atoms with E-state index in [2.05, 4.69) is 137 Å². The third-order valence-electron chi connectivity index (χ3n) is 10.1. The van der Waals surface area contributed by atoms with Gasteiger partial charge >= 0.3 is 0 Å². The molecule has 9 aromatic rings. The summed E-state index contributed by atoms with van der Waals surface area (Å²) in [5.41, 5.74) is 20.2. The van der Waals surface area contributed by atoms with Crippen LogP contribution in [0.1, 0.15) is 12.6 Å². The number of rotatable bonds is 9. The second kappa shape index (κ2) is 15.1. The molecule has 0 amide bonds. The van der Waals surface area contributed by atoms with Crippen molar-refractivity contribution in [1.29, 1.82) is 0 Å². The van der Waals surface area contributed by atoms with Crippen LogP contribution in [0.3, 0.4) is 0 Å². The van der Waals surface area contributed by atoms with E-state index in [9.17, 15) is 0 Å². The smallest absolute Gasteiger partial charge is 0.160 e. The van der Waals surface area contributed by atoms with Crippen LogP contribution < -0.4 is 11.1 Å². The van der Waals surface area contributed by atoms with Crippen LogP contribution in [-0.2, 0) is 0 Å². The molecule has 0 unspecified atom stereocenters. The van der Waals surface area contributed by atoms with E-state index < -0.39 is 0 Å². The van der Waals surface area contributed by atoms with Crippen LogP contribution in [0.15, 0.2) is 206 Å². The number of hydrogen-bond acceptors (Lipinski definition) is 4. The number of allylic oxidation sites excluding steroid dienone is 3. The van der Waals surface area contributed by atoms with E-state index in [-0.39, 0.29) is 0 Å². The Morgan fingerprint density at radius 3 is 1.84 bits per heavy atom. The number of para-hydroxylation sites is 2. The fraction of sp³-hybridized carbons (Fsp3) is 0.0196. The Hall–Kier alpha value is -7.50. The van der Waals surface area contributed by atoms with Gasteiger partial charge < -0.3 is 15.6 Å². The van der Waals surface area contributed by atoms with Gasteiger partial charge in [0.05, 0.1) is 22.4 Å². The van der Waals surface area contributed by atoms with Crippen molar-refractivity contribution in [3.8, 4) is 50.6 Å². The predicted octanol–water partition coefficient (Wildman–Crippen LogP) is 12.6. The molecule has 0 aliphatic rings. The summed E-state index contributed by atoms with van der Waals surface area (Å²) in [7, 11) is 0. The lowest BCUT2D eigenvalue weighted by Gasteiger charge is -2.15. The average molecular weight is 722 g/mol. The summed E-state index contributed by atoms with van der Waals surface area (Å²) in [6, 6.07) is 65.3. The zero-order valence-corrected chi connectivity index (χ0v) is 31.0. The highest BCUT2D eigenvalue weighted by Gasteiger charge is 2.15. The lowest BCUT2D eigenvalue weighted by molar-refractivity contribution is 1.15. The molecule has 5 nitrogen and oxygen atoms in total. The maximum absolute atomic E-state index is 6.71. The molecule has 7 aromatic carbocycles. The van der Waals surface area contributed by atoms with Crippen molar-refractivity contribution >= 4 is 33.1 Å². The van der Waals surface area contributed by atoms with Gasteiger partial charge in [0.2, 0.25) is 0 Å². The normalized spacial score (nSPS) is 11.9. The van der Waals surface area contributed by atoms with Gasteiger partial charge in [-0.05, 0) is 83.8 Å². The monoisotopic (exact) mass is 721 g/mol. The van der Waals surface area contributed by atoms with Gasteiger partial charge in [-0.25, -0.2) is 9.97 Å². The molecule has 0 aliphatic carbocycles. The largest absolute Gasteiger partial charge is 0.385 e. The molecule has 268 valence electrons. The Labute approximate surface area is 326 Å². The molecule has 2 aromatic heterocycles. The maximum atomic E-state index is 6.71. The van der Waals surface area contributed by atoms with Crippen molar-refractivity contribution in [3.63, 3.8) is 0 Å². The second-order valence-electron chi connectivity index (χ2n) is 13.8. The Morgan fingerprint density at radius 2 is 1.11 bits per heavy atom. The quantitative estimate of drug-likeness (QED) is 0.146. The van der Waals surface area contributed by atoms with Gasteiger partial charge in [-0.15, -0.1) is 0 Å². The first-order chi connectivity index (χ1) is 27.6. The third-order valence-corrected chi connectivity index (χ3v) is 10.1. The number of nitrogens with two attached hydrogens (primary N) is 1. The van der Waals surface area contributed by atoms with Crippen LogP contribution in [0.5, 0.6) is 0 Å². The van der Waals surface area contributed by atoms with Crippen molar-refractivity contribution in [3.05, 3.63) is 212 Å². The lowest BCUT2D eigenvalue weighted by Crippen LogP contribution is -2.09. The predicted molar refractivity (Wildman–Crippen MR) is 234 cm³/mol. The van der Waals surface area contributed by atoms with E-state index in [1.807, 2.05) is 79.7 Å². The van der Waals surface area contributed by atoms with E-state index in [1.54, 1.807) is 0 Å². The molecule has 2 heterocycles. The number of benzene rings is 7. The van der Waals surface area contributed by atoms with Gasteiger partial charge in [-0.2, -0.15) is 0 Å². The Balaban J connectivity index is 1.06. The SMILES string of the molecule is C/C(=C\C=C(/N)Nc1ccc(-c2ccc3c(c2)c2ccccc2n3-c2ccccc2)cc1-c1ccccc1)c1cc(-c2ccccc2)nc(-c2ccccc2)n1. The van der Waals surface area contributed by atoms with Gasteiger partial charge in [-0.1, -0.05) is 146 Å². The fourth-order valence-corrected chi connectivity index (χ4v) is 7.32. The molecule has 0 saturated heterocycles. The van der Waals surface area contributed by atoms with E-state index >= 15 is 0 Å². The van der Waals surface area contributed by atoms with E-state index in [0.717, 1.165) is 61.7 Å². The van der Waals surface area contributed by atoms with Gasteiger partial charge in [0, 0.05) is 38.8 Å². The molecule has 56 heavy (non-hydrogen) atoms. The number of anilines is 1. The maximum Gasteiger partial charge on any atom is 0.160 e. The van der Waals surface area contributed by atoms with Crippen molar-refractivity contribution in [2.45, 2.75) is 6.92 Å². The fourth-order valence-electron chi connectivity index (χ4n) is 7.32. The molecule has 3 N–H and O–H groups in total. The number of nitrogens with one attached hydrogen (secondary N) is 1. The summed E-state index contributed by atoms with van der Waals surface area (Å²) in [6.07, 6.45) is 3.91. The lowest BCUT2D eigenvalue weighted by atomic mass is 9.96. The third kappa shape index (κ3) is 6.86. The number of aromatic nitrogens is 3. The molecule has 0 bridgehead atoms. The van der Waals surface area contributed by atoms with E-state index in [0.29, 0.717) is 11.6 Å². The highest BCUT2D eigenvalue weighted by atomic mass is 15.0. The number of nitrogens with zero attached hydrogens (tertiary/aromatic N) is 3. The number of hydrogen-bond donors (Lipinski definition) is 2. The zero-order valence-electron chi connectivity index (χ0n) is 31.0. The van der Waals surface area contributed by atoms with Gasteiger partial charge in [0.25, 0.3) is 0 Å². The van der Waals surface area contributed by atoms with Crippen LogP contribution >= 0.6 is 0 Å². The van der Waals surface area contributed by atoms with Gasteiger partial charge in [0.15, 0.2) is 5.82 Å². The minimum absolute atomic E-state index is 0.519. The van der Waals surface area contributed by atoms with E-state index in [1.165, 1.54) is 21.8 Å². The first-order valence-electron chi connectivity index (χ1n) is 18.8. The van der Waals surface area contributed by atoms with Gasteiger partial charge in [-0.3, -0.25) is 0 Å². The topological polar surface area (TPSA) is 68.8 Å². The molecule has 9 rings (SSSR count). The minimum Gasteiger partial charge on any atom is -0.385 e. The summed E-state index contributed by atoms with van der Waals surface area (Å²) in [5.74, 6) is 1.20. The summed E-state index contributed by atoms with van der Waals surface area (Å²) < 4.78 is 2.34. The Morgan fingerprint density at radius 1 is 0.518 bits per heavy atom. The zero-order chi connectivity index (χ0) is 37.8. The second-order valence-corrected chi connectivity index (χ2v) is 13.8. The van der Waals surface area contributed by atoms with Crippen molar-refractivity contribution in [2.75, 3.05) is 5.32 Å². The first-order valence-corrected chi connectivity index (χ1v) is 18.8. The van der Waals surface area contributed by atoms with Crippen LogP contribution in [-0.4, -0.2) is 14.5 Å². The molecule has 0 fully saturated rings. The molecule has 0 saturated carbocycles. The summed E-state index contributed by atoms with van der Waals surface area (Å²) in [5, 5.41) is 5.95. The van der Waals surface area contributed by atoms with Crippen molar-refractivity contribution in [2.24, 2.45) is 5.73 Å². The average Bonchev–Trinajstić information content (AvgIpc) is 3.60. The first kappa shape index (κ1) is 34.3. The van der Waals surface area contributed by atoms with Crippen molar-refractivity contribution < 1.29 is 0 Å². The molecule has 0 spiro atoms. The molecular formula is C51H39N5.